The molecule has 20 heavy (non-hydrogen) atoms. The highest BCUT2D eigenvalue weighted by atomic mass is 35.5. The van der Waals surface area contributed by atoms with E-state index in [1.807, 2.05) is 0 Å². The lowest BCUT2D eigenvalue weighted by Crippen LogP contribution is -2.11. The summed E-state index contributed by atoms with van der Waals surface area (Å²) in [7, 11) is 0. The van der Waals surface area contributed by atoms with Crippen LogP contribution in [-0.2, 0) is 6.54 Å². The van der Waals surface area contributed by atoms with Crippen molar-refractivity contribution < 1.29 is 9.18 Å². The number of rotatable bonds is 4. The predicted molar refractivity (Wildman–Crippen MR) is 78.7 cm³/mol. The molecule has 0 atom stereocenters. The molecule has 2 aromatic carbocycles. The van der Waals surface area contributed by atoms with Crippen LogP contribution in [0.15, 0.2) is 36.4 Å². The molecule has 0 saturated carbocycles. The second kappa shape index (κ2) is 6.11. The van der Waals surface area contributed by atoms with Crippen LogP contribution in [0.25, 0.3) is 0 Å². The number of hydrogen-bond donors (Lipinski definition) is 2. The largest absolute Gasteiger partial charge is 0.380 e. The van der Waals surface area contributed by atoms with E-state index in [4.69, 9.17) is 28.9 Å². The van der Waals surface area contributed by atoms with E-state index in [1.165, 1.54) is 18.2 Å². The summed E-state index contributed by atoms with van der Waals surface area (Å²) in [4.78, 5) is 11.0. The number of carbonyl (C=O) groups is 1. The van der Waals surface area contributed by atoms with Crippen molar-refractivity contribution in [3.8, 4) is 0 Å². The van der Waals surface area contributed by atoms with Gasteiger partial charge >= 0.3 is 0 Å². The summed E-state index contributed by atoms with van der Waals surface area (Å²) in [6.07, 6.45) is 0. The van der Waals surface area contributed by atoms with E-state index in [9.17, 15) is 9.18 Å². The number of nitrogens with two attached hydrogens (primary N) is 1. The van der Waals surface area contributed by atoms with Gasteiger partial charge in [0.05, 0.1) is 10.7 Å². The van der Waals surface area contributed by atoms with Crippen molar-refractivity contribution in [3.63, 3.8) is 0 Å². The molecule has 3 N–H and O–H groups in total. The first-order valence-corrected chi connectivity index (χ1v) is 6.50. The topological polar surface area (TPSA) is 55.1 Å². The molecule has 0 aliphatic rings. The van der Waals surface area contributed by atoms with Gasteiger partial charge in [-0.25, -0.2) is 4.39 Å². The molecule has 0 fully saturated rings. The van der Waals surface area contributed by atoms with Crippen molar-refractivity contribution in [2.45, 2.75) is 6.54 Å². The van der Waals surface area contributed by atoms with Crippen molar-refractivity contribution in [1.82, 2.24) is 0 Å². The van der Waals surface area contributed by atoms with Crippen molar-refractivity contribution in [3.05, 3.63) is 63.4 Å². The summed E-state index contributed by atoms with van der Waals surface area (Å²) in [6, 6.07) is 8.88. The van der Waals surface area contributed by atoms with Gasteiger partial charge in [0, 0.05) is 17.1 Å². The van der Waals surface area contributed by atoms with Gasteiger partial charge in [-0.1, -0.05) is 29.3 Å². The number of amides is 1. The molecule has 0 spiro atoms. The van der Waals surface area contributed by atoms with E-state index in [0.717, 1.165) is 5.56 Å². The van der Waals surface area contributed by atoms with Crippen molar-refractivity contribution in [2.75, 3.05) is 5.32 Å². The van der Waals surface area contributed by atoms with Crippen LogP contribution in [0.4, 0.5) is 10.1 Å². The third kappa shape index (κ3) is 3.40. The van der Waals surface area contributed by atoms with E-state index < -0.39 is 11.7 Å². The van der Waals surface area contributed by atoms with Gasteiger partial charge < -0.3 is 11.1 Å². The first kappa shape index (κ1) is 14.6. The van der Waals surface area contributed by atoms with E-state index in [2.05, 4.69) is 5.32 Å². The van der Waals surface area contributed by atoms with Gasteiger partial charge in [0.1, 0.15) is 5.82 Å². The Morgan fingerprint density at radius 1 is 1.15 bits per heavy atom. The number of anilines is 1. The van der Waals surface area contributed by atoms with Crippen molar-refractivity contribution in [1.29, 1.82) is 0 Å². The molecule has 1 amide bonds. The van der Waals surface area contributed by atoms with E-state index in [0.29, 0.717) is 22.8 Å². The Morgan fingerprint density at radius 3 is 2.50 bits per heavy atom. The highest BCUT2D eigenvalue weighted by Crippen LogP contribution is 2.24. The molecule has 0 aliphatic heterocycles. The van der Waals surface area contributed by atoms with Gasteiger partial charge in [-0.3, -0.25) is 4.79 Å². The molecule has 0 radical (unpaired) electrons. The zero-order valence-electron chi connectivity index (χ0n) is 10.3. The smallest absolute Gasteiger partial charge is 0.248 e. The molecule has 0 unspecified atom stereocenters. The summed E-state index contributed by atoms with van der Waals surface area (Å²) in [5.74, 6) is -0.933. The van der Waals surface area contributed by atoms with Crippen molar-refractivity contribution in [2.24, 2.45) is 5.73 Å². The third-order valence-corrected chi connectivity index (χ3v) is 3.40. The molecule has 2 aromatic rings. The predicted octanol–water partition coefficient (Wildman–Crippen LogP) is 3.84. The van der Waals surface area contributed by atoms with Gasteiger partial charge in [0.25, 0.3) is 0 Å². The Balaban J connectivity index is 2.13. The Kier molecular flexibility index (Phi) is 4.47. The normalized spacial score (nSPS) is 10.3. The zero-order chi connectivity index (χ0) is 14.7. The van der Waals surface area contributed by atoms with Crippen LogP contribution in [0.3, 0.4) is 0 Å². The van der Waals surface area contributed by atoms with Gasteiger partial charge in [0.15, 0.2) is 0 Å². The molecule has 0 aliphatic carbocycles. The third-order valence-electron chi connectivity index (χ3n) is 2.74. The zero-order valence-corrected chi connectivity index (χ0v) is 11.8. The lowest BCUT2D eigenvalue weighted by Gasteiger charge is -2.10. The van der Waals surface area contributed by atoms with Crippen LogP contribution in [-0.4, -0.2) is 5.91 Å². The van der Waals surface area contributed by atoms with Gasteiger partial charge in [-0.05, 0) is 35.9 Å². The lowest BCUT2D eigenvalue weighted by atomic mass is 10.1. The van der Waals surface area contributed by atoms with E-state index in [-0.39, 0.29) is 5.02 Å². The quantitative estimate of drug-likeness (QED) is 0.901. The molecular weight excluding hydrogens is 302 g/mol. The average Bonchev–Trinajstić information content (AvgIpc) is 2.38. The molecular formula is C14H11Cl2FN2O. The number of nitrogens with one attached hydrogen (secondary N) is 1. The summed E-state index contributed by atoms with van der Waals surface area (Å²) >= 11 is 12.0. The maximum atomic E-state index is 12.9. The fourth-order valence-corrected chi connectivity index (χ4v) is 2.15. The molecule has 0 saturated heterocycles. The molecule has 2 rings (SSSR count). The Bertz CT molecular complexity index is 662. The monoisotopic (exact) mass is 312 g/mol. The second-order valence-electron chi connectivity index (χ2n) is 4.15. The Labute approximate surface area is 125 Å². The van der Waals surface area contributed by atoms with Crippen LogP contribution in [0.5, 0.6) is 0 Å². The number of primary amides is 1. The highest BCUT2D eigenvalue weighted by Gasteiger charge is 2.07. The molecule has 0 heterocycles. The molecule has 104 valence electrons. The first-order valence-electron chi connectivity index (χ1n) is 5.74. The first-order chi connectivity index (χ1) is 9.47. The lowest BCUT2D eigenvalue weighted by molar-refractivity contribution is 0.100. The Hall–Kier alpha value is -1.78. The second-order valence-corrected chi connectivity index (χ2v) is 4.96. The standard InChI is InChI=1S/C14H11Cl2FN2O/c15-11-5-8(14(18)20)1-2-9(11)7-19-13-4-3-10(17)6-12(13)16/h1-6,19H,7H2,(H2,18,20). The van der Waals surface area contributed by atoms with Crippen LogP contribution in [0.2, 0.25) is 10.0 Å². The number of benzene rings is 2. The summed E-state index contributed by atoms with van der Waals surface area (Å²) in [5, 5.41) is 3.76. The fraction of sp³-hybridized carbons (Fsp3) is 0.0714. The number of hydrogen-bond acceptors (Lipinski definition) is 2. The van der Waals surface area contributed by atoms with Gasteiger partial charge in [0.2, 0.25) is 5.91 Å². The fourth-order valence-electron chi connectivity index (χ4n) is 1.67. The SMILES string of the molecule is NC(=O)c1ccc(CNc2ccc(F)cc2Cl)c(Cl)c1. The summed E-state index contributed by atoms with van der Waals surface area (Å²) in [6.45, 7) is 0.392. The molecule has 3 nitrogen and oxygen atoms in total. The molecule has 0 bridgehead atoms. The van der Waals surface area contributed by atoms with Gasteiger partial charge in [-0.15, -0.1) is 0 Å². The van der Waals surface area contributed by atoms with Gasteiger partial charge in [-0.2, -0.15) is 0 Å². The minimum atomic E-state index is -0.534. The molecule has 6 heteroatoms. The highest BCUT2D eigenvalue weighted by molar-refractivity contribution is 6.33. The van der Waals surface area contributed by atoms with Crippen LogP contribution in [0.1, 0.15) is 15.9 Å². The Morgan fingerprint density at radius 2 is 1.90 bits per heavy atom. The number of halogens is 3. The van der Waals surface area contributed by atoms with Crippen LogP contribution >= 0.6 is 23.2 Å². The number of carbonyl (C=O) groups excluding carboxylic acids is 1. The minimum Gasteiger partial charge on any atom is -0.380 e. The van der Waals surface area contributed by atoms with E-state index in [1.54, 1.807) is 18.2 Å². The maximum Gasteiger partial charge on any atom is 0.248 e. The minimum absolute atomic E-state index is 0.287. The molecule has 0 aromatic heterocycles. The summed E-state index contributed by atoms with van der Waals surface area (Å²) in [5.41, 5.74) is 6.89. The summed E-state index contributed by atoms with van der Waals surface area (Å²) < 4.78 is 12.9. The van der Waals surface area contributed by atoms with Crippen molar-refractivity contribution >= 4 is 34.8 Å². The average molecular weight is 313 g/mol. The van der Waals surface area contributed by atoms with Crippen LogP contribution in [0, 0.1) is 5.82 Å². The van der Waals surface area contributed by atoms with E-state index >= 15 is 0 Å². The van der Waals surface area contributed by atoms with Crippen LogP contribution < -0.4 is 11.1 Å². The maximum absolute atomic E-state index is 12.9.